The number of aryl methyl sites for hydroxylation is 1. The minimum Gasteiger partial charge on any atom is -0.454 e. The highest BCUT2D eigenvalue weighted by Crippen LogP contribution is 2.28. The predicted octanol–water partition coefficient (Wildman–Crippen LogP) is 2.36. The van der Waals surface area contributed by atoms with Gasteiger partial charge in [-0.15, -0.1) is 0 Å². The number of hydrogen-bond donors (Lipinski definition) is 1. The van der Waals surface area contributed by atoms with Crippen LogP contribution in [0.4, 0.5) is 0 Å². The molecule has 0 fully saturated rings. The molecule has 0 radical (unpaired) electrons. The minimum absolute atomic E-state index is 0.0905. The van der Waals surface area contributed by atoms with Gasteiger partial charge in [-0.1, -0.05) is 17.7 Å². The molecule has 0 aliphatic heterocycles. The average molecular weight is 239 g/mol. The van der Waals surface area contributed by atoms with Gasteiger partial charge in [-0.25, -0.2) is 0 Å². The van der Waals surface area contributed by atoms with Gasteiger partial charge in [0.2, 0.25) is 0 Å². The van der Waals surface area contributed by atoms with Crippen LogP contribution in [0.5, 0.6) is 11.5 Å². The average Bonchev–Trinajstić information content (AvgIpc) is 2.64. The van der Waals surface area contributed by atoms with Crippen molar-refractivity contribution in [3.8, 4) is 11.5 Å². The van der Waals surface area contributed by atoms with E-state index in [9.17, 15) is 0 Å². The molecule has 1 aromatic carbocycles. The predicted molar refractivity (Wildman–Crippen MR) is 60.7 cm³/mol. The van der Waals surface area contributed by atoms with Crippen LogP contribution in [0, 0.1) is 0 Å². The summed E-state index contributed by atoms with van der Waals surface area (Å²) in [6.45, 7) is -0.0905. The maximum absolute atomic E-state index is 9.15. The zero-order chi connectivity index (χ0) is 11.5. The molecule has 0 atom stereocenters. The Morgan fingerprint density at radius 3 is 2.94 bits per heavy atom. The van der Waals surface area contributed by atoms with E-state index < -0.39 is 0 Å². The number of halogens is 1. The van der Waals surface area contributed by atoms with Crippen LogP contribution in [0.25, 0.3) is 0 Å². The van der Waals surface area contributed by atoms with Crippen molar-refractivity contribution in [1.29, 1.82) is 0 Å². The summed E-state index contributed by atoms with van der Waals surface area (Å²) in [5.41, 5.74) is 0.688. The highest BCUT2D eigenvalue weighted by atomic mass is 35.5. The number of rotatable bonds is 3. The van der Waals surface area contributed by atoms with Crippen molar-refractivity contribution < 1.29 is 9.84 Å². The third kappa shape index (κ3) is 2.35. The molecule has 0 aliphatic rings. The molecule has 0 saturated carbocycles. The van der Waals surface area contributed by atoms with Crippen LogP contribution in [-0.2, 0) is 13.7 Å². The lowest BCUT2D eigenvalue weighted by Crippen LogP contribution is -1.91. The number of ether oxygens (including phenoxy) is 1. The maximum Gasteiger partial charge on any atom is 0.165 e. The second-order valence-electron chi connectivity index (χ2n) is 3.36. The molecule has 1 aromatic heterocycles. The summed E-state index contributed by atoms with van der Waals surface area (Å²) >= 11 is 5.86. The highest BCUT2D eigenvalue weighted by Gasteiger charge is 2.06. The van der Waals surface area contributed by atoms with Crippen molar-refractivity contribution in [2.45, 2.75) is 6.61 Å². The lowest BCUT2D eigenvalue weighted by Gasteiger charge is -2.07. The monoisotopic (exact) mass is 238 g/mol. The molecule has 0 aliphatic carbocycles. The van der Waals surface area contributed by atoms with Crippen molar-refractivity contribution in [1.82, 2.24) is 9.78 Å². The topological polar surface area (TPSA) is 47.3 Å². The Balaban J connectivity index is 2.29. The third-order valence-electron chi connectivity index (χ3n) is 2.11. The van der Waals surface area contributed by atoms with E-state index in [1.54, 1.807) is 42.3 Å². The van der Waals surface area contributed by atoms with Gasteiger partial charge >= 0.3 is 0 Å². The van der Waals surface area contributed by atoms with Crippen LogP contribution in [0.15, 0.2) is 30.6 Å². The second kappa shape index (κ2) is 4.55. The van der Waals surface area contributed by atoms with Crippen LogP contribution >= 0.6 is 11.6 Å². The summed E-state index contributed by atoms with van der Waals surface area (Å²) in [4.78, 5) is 0. The van der Waals surface area contributed by atoms with E-state index in [0.717, 1.165) is 0 Å². The Morgan fingerprint density at radius 1 is 1.50 bits per heavy atom. The van der Waals surface area contributed by atoms with Crippen LogP contribution < -0.4 is 4.74 Å². The molecular weight excluding hydrogens is 228 g/mol. The van der Waals surface area contributed by atoms with E-state index in [4.69, 9.17) is 21.4 Å². The Kier molecular flexibility index (Phi) is 3.12. The number of nitrogens with zero attached hydrogens (tertiary/aromatic N) is 2. The number of hydrogen-bond acceptors (Lipinski definition) is 3. The molecule has 4 nitrogen and oxygen atoms in total. The fraction of sp³-hybridized carbons (Fsp3) is 0.182. The zero-order valence-corrected chi connectivity index (χ0v) is 9.48. The van der Waals surface area contributed by atoms with Gasteiger partial charge in [-0.05, 0) is 12.1 Å². The number of benzene rings is 1. The van der Waals surface area contributed by atoms with Crippen molar-refractivity contribution in [3.63, 3.8) is 0 Å². The van der Waals surface area contributed by atoms with Gasteiger partial charge in [-0.2, -0.15) is 5.10 Å². The van der Waals surface area contributed by atoms with Crippen molar-refractivity contribution in [2.24, 2.45) is 7.05 Å². The highest BCUT2D eigenvalue weighted by molar-refractivity contribution is 6.30. The summed E-state index contributed by atoms with van der Waals surface area (Å²) in [5.74, 6) is 1.16. The first-order valence-electron chi connectivity index (χ1n) is 4.75. The van der Waals surface area contributed by atoms with Gasteiger partial charge in [0.1, 0.15) is 5.75 Å². The maximum atomic E-state index is 9.15. The summed E-state index contributed by atoms with van der Waals surface area (Å²) in [6.07, 6.45) is 3.34. The fourth-order valence-electron chi connectivity index (χ4n) is 1.33. The molecule has 0 amide bonds. The first kappa shape index (κ1) is 11.0. The Bertz CT molecular complexity index is 496. The van der Waals surface area contributed by atoms with Gasteiger partial charge in [0, 0.05) is 17.6 Å². The molecule has 0 spiro atoms. The van der Waals surface area contributed by atoms with E-state index in [0.29, 0.717) is 22.1 Å². The standard InChI is InChI=1S/C11H11ClN2O2/c1-14-6-10(5-13-14)16-11-4-9(12)3-2-8(11)7-15/h2-6,15H,7H2,1H3. The molecule has 2 aromatic rings. The summed E-state index contributed by atoms with van der Waals surface area (Å²) < 4.78 is 7.21. The lowest BCUT2D eigenvalue weighted by atomic mass is 10.2. The molecular formula is C11H11ClN2O2. The van der Waals surface area contributed by atoms with E-state index in [-0.39, 0.29) is 6.61 Å². The SMILES string of the molecule is Cn1cc(Oc2cc(Cl)ccc2CO)cn1. The van der Waals surface area contributed by atoms with Crippen molar-refractivity contribution in [2.75, 3.05) is 0 Å². The Hall–Kier alpha value is -1.52. The third-order valence-corrected chi connectivity index (χ3v) is 2.34. The molecule has 0 unspecified atom stereocenters. The summed E-state index contributed by atoms with van der Waals surface area (Å²) in [7, 11) is 1.80. The second-order valence-corrected chi connectivity index (χ2v) is 3.80. The number of aromatic nitrogens is 2. The minimum atomic E-state index is -0.0905. The molecule has 84 valence electrons. The summed E-state index contributed by atoms with van der Waals surface area (Å²) in [5, 5.41) is 13.7. The van der Waals surface area contributed by atoms with Crippen LogP contribution in [0.1, 0.15) is 5.56 Å². The van der Waals surface area contributed by atoms with Gasteiger partial charge < -0.3 is 9.84 Å². The molecule has 1 heterocycles. The largest absolute Gasteiger partial charge is 0.454 e. The van der Waals surface area contributed by atoms with Gasteiger partial charge in [0.05, 0.1) is 19.0 Å². The Morgan fingerprint density at radius 2 is 2.31 bits per heavy atom. The van der Waals surface area contributed by atoms with Gasteiger partial charge in [0.25, 0.3) is 0 Å². The lowest BCUT2D eigenvalue weighted by molar-refractivity contribution is 0.276. The zero-order valence-electron chi connectivity index (χ0n) is 8.72. The van der Waals surface area contributed by atoms with E-state index >= 15 is 0 Å². The number of aliphatic hydroxyl groups excluding tert-OH is 1. The van der Waals surface area contributed by atoms with Crippen molar-refractivity contribution in [3.05, 3.63) is 41.2 Å². The molecule has 16 heavy (non-hydrogen) atoms. The normalized spacial score (nSPS) is 10.4. The first-order chi connectivity index (χ1) is 7.69. The molecule has 0 bridgehead atoms. The van der Waals surface area contributed by atoms with Gasteiger partial charge in [-0.3, -0.25) is 4.68 Å². The smallest absolute Gasteiger partial charge is 0.165 e. The van der Waals surface area contributed by atoms with E-state index in [1.807, 2.05) is 0 Å². The van der Waals surface area contributed by atoms with Crippen LogP contribution in [0.3, 0.4) is 0 Å². The molecule has 1 N–H and O–H groups in total. The van der Waals surface area contributed by atoms with Crippen molar-refractivity contribution >= 4 is 11.6 Å². The molecule has 0 saturated heterocycles. The van der Waals surface area contributed by atoms with Crippen LogP contribution in [-0.4, -0.2) is 14.9 Å². The fourth-order valence-corrected chi connectivity index (χ4v) is 1.49. The Labute approximate surface area is 98.0 Å². The first-order valence-corrected chi connectivity index (χ1v) is 5.12. The number of aliphatic hydroxyl groups is 1. The molecule has 2 rings (SSSR count). The molecule has 5 heteroatoms. The van der Waals surface area contributed by atoms with Crippen LogP contribution in [0.2, 0.25) is 5.02 Å². The summed E-state index contributed by atoms with van der Waals surface area (Å²) in [6, 6.07) is 5.11. The van der Waals surface area contributed by atoms with Gasteiger partial charge in [0.15, 0.2) is 5.75 Å². The quantitative estimate of drug-likeness (QED) is 0.893. The van der Waals surface area contributed by atoms with E-state index in [2.05, 4.69) is 5.10 Å². The van der Waals surface area contributed by atoms with E-state index in [1.165, 1.54) is 0 Å².